The van der Waals surface area contributed by atoms with E-state index in [9.17, 15) is 4.79 Å². The van der Waals surface area contributed by atoms with E-state index in [1.165, 1.54) is 15.9 Å². The number of hydrogen-bond acceptors (Lipinski definition) is 6. The van der Waals surface area contributed by atoms with Crippen LogP contribution in [0.3, 0.4) is 0 Å². The SMILES string of the molecule is CCCOc1ccc(-c2nc3s/c(=C\c4ccc(C)o4)c(=O)n3n2)cc1. The van der Waals surface area contributed by atoms with Gasteiger partial charge >= 0.3 is 0 Å². The molecule has 0 unspecified atom stereocenters. The molecule has 0 fully saturated rings. The Labute approximate surface area is 153 Å². The second-order valence-electron chi connectivity index (χ2n) is 5.87. The Morgan fingerprint density at radius 3 is 2.69 bits per heavy atom. The van der Waals surface area contributed by atoms with E-state index in [-0.39, 0.29) is 5.56 Å². The van der Waals surface area contributed by atoms with E-state index in [0.717, 1.165) is 23.5 Å². The van der Waals surface area contributed by atoms with Crippen molar-refractivity contribution < 1.29 is 9.15 Å². The molecule has 0 aliphatic carbocycles. The highest BCUT2D eigenvalue weighted by atomic mass is 32.1. The summed E-state index contributed by atoms with van der Waals surface area (Å²) in [5, 5.41) is 4.35. The Balaban J connectivity index is 1.67. The number of thiazole rings is 1. The molecular formula is C19H17N3O3S. The van der Waals surface area contributed by atoms with E-state index in [1.54, 1.807) is 6.08 Å². The monoisotopic (exact) mass is 367 g/mol. The predicted molar refractivity (Wildman–Crippen MR) is 101 cm³/mol. The molecule has 132 valence electrons. The maximum Gasteiger partial charge on any atom is 0.291 e. The molecular weight excluding hydrogens is 350 g/mol. The number of fused-ring (bicyclic) bond motifs is 1. The fourth-order valence-electron chi connectivity index (χ4n) is 2.54. The summed E-state index contributed by atoms with van der Waals surface area (Å²) in [5.41, 5.74) is 0.650. The third-order valence-corrected chi connectivity index (χ3v) is 4.76. The molecule has 1 aromatic carbocycles. The Kier molecular flexibility index (Phi) is 4.30. The van der Waals surface area contributed by atoms with E-state index in [0.29, 0.717) is 27.7 Å². The second kappa shape index (κ2) is 6.76. The van der Waals surface area contributed by atoms with Crippen molar-refractivity contribution in [2.45, 2.75) is 20.3 Å². The Morgan fingerprint density at radius 1 is 1.23 bits per heavy atom. The minimum Gasteiger partial charge on any atom is -0.494 e. The third-order valence-electron chi connectivity index (χ3n) is 3.80. The minimum absolute atomic E-state index is 0.194. The quantitative estimate of drug-likeness (QED) is 0.542. The molecule has 6 nitrogen and oxygen atoms in total. The molecule has 0 saturated heterocycles. The third kappa shape index (κ3) is 3.13. The normalized spacial score (nSPS) is 12.2. The van der Waals surface area contributed by atoms with Crippen molar-refractivity contribution >= 4 is 22.4 Å². The molecule has 0 amide bonds. The van der Waals surface area contributed by atoms with Crippen LogP contribution in [0.15, 0.2) is 45.6 Å². The number of aryl methyl sites for hydroxylation is 1. The molecule has 7 heteroatoms. The maximum absolute atomic E-state index is 12.5. The molecule has 3 heterocycles. The summed E-state index contributed by atoms with van der Waals surface area (Å²) >= 11 is 1.29. The van der Waals surface area contributed by atoms with Crippen LogP contribution in [-0.4, -0.2) is 21.2 Å². The van der Waals surface area contributed by atoms with Crippen molar-refractivity contribution in [2.24, 2.45) is 0 Å². The molecule has 26 heavy (non-hydrogen) atoms. The van der Waals surface area contributed by atoms with Crippen molar-refractivity contribution in [1.82, 2.24) is 14.6 Å². The first-order chi connectivity index (χ1) is 12.6. The second-order valence-corrected chi connectivity index (χ2v) is 6.88. The summed E-state index contributed by atoms with van der Waals surface area (Å²) in [5.74, 6) is 2.78. The van der Waals surface area contributed by atoms with Gasteiger partial charge in [-0.25, -0.2) is 0 Å². The first kappa shape index (κ1) is 16.5. The van der Waals surface area contributed by atoms with Crippen LogP contribution in [0.5, 0.6) is 5.75 Å². The highest BCUT2D eigenvalue weighted by molar-refractivity contribution is 7.15. The van der Waals surface area contributed by atoms with Gasteiger partial charge in [-0.3, -0.25) is 4.79 Å². The number of hydrogen-bond donors (Lipinski definition) is 0. The van der Waals surface area contributed by atoms with Crippen molar-refractivity contribution in [3.63, 3.8) is 0 Å². The molecule has 0 bridgehead atoms. The minimum atomic E-state index is -0.194. The largest absolute Gasteiger partial charge is 0.494 e. The molecule has 0 saturated carbocycles. The summed E-state index contributed by atoms with van der Waals surface area (Å²) in [6.07, 6.45) is 2.68. The molecule has 0 atom stereocenters. The maximum atomic E-state index is 12.5. The van der Waals surface area contributed by atoms with Gasteiger partial charge < -0.3 is 9.15 Å². The van der Waals surface area contributed by atoms with Crippen molar-refractivity contribution in [2.75, 3.05) is 6.61 Å². The van der Waals surface area contributed by atoms with E-state index in [4.69, 9.17) is 9.15 Å². The van der Waals surface area contributed by atoms with Crippen LogP contribution < -0.4 is 14.8 Å². The van der Waals surface area contributed by atoms with Crippen LogP contribution in [0.2, 0.25) is 0 Å². The molecule has 0 aliphatic rings. The van der Waals surface area contributed by atoms with E-state index >= 15 is 0 Å². The molecule has 3 aromatic heterocycles. The molecule has 0 spiro atoms. The van der Waals surface area contributed by atoms with Gasteiger partial charge in [-0.2, -0.15) is 9.50 Å². The van der Waals surface area contributed by atoms with Crippen molar-refractivity contribution in [3.05, 3.63) is 62.8 Å². The lowest BCUT2D eigenvalue weighted by Gasteiger charge is -2.04. The highest BCUT2D eigenvalue weighted by Gasteiger charge is 2.12. The van der Waals surface area contributed by atoms with Crippen LogP contribution in [0.25, 0.3) is 22.4 Å². The van der Waals surface area contributed by atoms with Gasteiger partial charge in [0.05, 0.1) is 6.61 Å². The number of ether oxygens (including phenoxy) is 1. The summed E-state index contributed by atoms with van der Waals surface area (Å²) in [6, 6.07) is 11.3. The topological polar surface area (TPSA) is 69.6 Å². The van der Waals surface area contributed by atoms with Crippen LogP contribution in [-0.2, 0) is 0 Å². The molecule has 0 N–H and O–H groups in total. The zero-order chi connectivity index (χ0) is 18.1. The standard InChI is InChI=1S/C19H17N3O3S/c1-3-10-24-14-8-5-13(6-9-14)17-20-19-22(21-17)18(23)16(26-19)11-15-7-4-12(2)25-15/h4-9,11H,3,10H2,1-2H3/b16-11-. The fourth-order valence-corrected chi connectivity index (χ4v) is 3.42. The summed E-state index contributed by atoms with van der Waals surface area (Å²) in [6.45, 7) is 4.62. The van der Waals surface area contributed by atoms with Gasteiger partial charge in [-0.05, 0) is 49.7 Å². The van der Waals surface area contributed by atoms with E-state index in [2.05, 4.69) is 17.0 Å². The average Bonchev–Trinajstić information content (AvgIpc) is 3.32. The Morgan fingerprint density at radius 2 is 2.04 bits per heavy atom. The van der Waals surface area contributed by atoms with Crippen molar-refractivity contribution in [3.8, 4) is 17.1 Å². The van der Waals surface area contributed by atoms with Gasteiger partial charge in [0.1, 0.15) is 21.8 Å². The van der Waals surface area contributed by atoms with E-state index in [1.807, 2.05) is 43.3 Å². The van der Waals surface area contributed by atoms with Gasteiger partial charge in [0.25, 0.3) is 5.56 Å². The number of aromatic nitrogens is 3. The predicted octanol–water partition coefficient (Wildman–Crippen LogP) is 3.06. The lowest BCUT2D eigenvalue weighted by molar-refractivity contribution is 0.317. The lowest BCUT2D eigenvalue weighted by Crippen LogP contribution is -2.23. The van der Waals surface area contributed by atoms with Gasteiger partial charge in [0, 0.05) is 11.6 Å². The van der Waals surface area contributed by atoms with Crippen LogP contribution >= 0.6 is 11.3 Å². The zero-order valence-electron chi connectivity index (χ0n) is 14.4. The zero-order valence-corrected chi connectivity index (χ0v) is 15.2. The van der Waals surface area contributed by atoms with Crippen molar-refractivity contribution in [1.29, 1.82) is 0 Å². The molecule has 4 aromatic rings. The van der Waals surface area contributed by atoms with Gasteiger partial charge in [0.2, 0.25) is 4.96 Å². The fraction of sp³-hybridized carbons (Fsp3) is 0.211. The van der Waals surface area contributed by atoms with Crippen LogP contribution in [0.1, 0.15) is 24.9 Å². The Hall–Kier alpha value is -2.93. The number of rotatable bonds is 5. The highest BCUT2D eigenvalue weighted by Crippen LogP contribution is 2.20. The summed E-state index contributed by atoms with van der Waals surface area (Å²) < 4.78 is 13.0. The molecule has 4 rings (SSSR count). The van der Waals surface area contributed by atoms with Crippen LogP contribution in [0.4, 0.5) is 0 Å². The average molecular weight is 367 g/mol. The first-order valence-corrected chi connectivity index (χ1v) is 9.16. The van der Waals surface area contributed by atoms with Gasteiger partial charge in [-0.15, -0.1) is 5.10 Å². The van der Waals surface area contributed by atoms with Gasteiger partial charge in [-0.1, -0.05) is 18.3 Å². The number of furan rings is 1. The van der Waals surface area contributed by atoms with Gasteiger partial charge in [0.15, 0.2) is 5.82 Å². The lowest BCUT2D eigenvalue weighted by atomic mass is 10.2. The smallest absolute Gasteiger partial charge is 0.291 e. The molecule has 0 radical (unpaired) electrons. The number of benzene rings is 1. The first-order valence-electron chi connectivity index (χ1n) is 8.35. The molecule has 0 aliphatic heterocycles. The van der Waals surface area contributed by atoms with Crippen LogP contribution in [0, 0.1) is 6.92 Å². The van der Waals surface area contributed by atoms with E-state index < -0.39 is 0 Å². The Bertz CT molecular complexity index is 1160. The summed E-state index contributed by atoms with van der Waals surface area (Å²) in [4.78, 5) is 17.6. The number of nitrogens with zero attached hydrogens (tertiary/aromatic N) is 3. The summed E-state index contributed by atoms with van der Waals surface area (Å²) in [7, 11) is 0.